The Morgan fingerprint density at radius 3 is 2.52 bits per heavy atom. The van der Waals surface area contributed by atoms with Gasteiger partial charge in [0.25, 0.3) is 15.9 Å². The molecule has 0 saturated carbocycles. The Kier molecular flexibility index (Phi) is 4.68. The van der Waals surface area contributed by atoms with Gasteiger partial charge >= 0.3 is 6.18 Å². The number of carbonyl (C=O) groups is 1. The molecule has 3 rings (SSSR count). The number of aryl methyl sites for hydroxylation is 2. The van der Waals surface area contributed by atoms with Crippen molar-refractivity contribution in [2.24, 2.45) is 0 Å². The number of amides is 1. The molecule has 144 valence electrons. The van der Waals surface area contributed by atoms with Crippen LogP contribution in [-0.4, -0.2) is 28.1 Å². The largest absolute Gasteiger partial charge is 0.417 e. The fourth-order valence-electron chi connectivity index (χ4n) is 2.40. The number of nitrogens with zero attached hydrogens (tertiary/aromatic N) is 3. The lowest BCUT2D eigenvalue weighted by molar-refractivity contribution is -0.137. The summed E-state index contributed by atoms with van der Waals surface area (Å²) in [6.07, 6.45) is -2.97. The first-order valence-corrected chi connectivity index (χ1v) is 9.79. The topological polar surface area (TPSA) is 93.4 Å². The van der Waals surface area contributed by atoms with Gasteiger partial charge in [-0.25, -0.2) is 18.1 Å². The molecule has 1 amide bonds. The van der Waals surface area contributed by atoms with Crippen molar-refractivity contribution in [3.05, 3.63) is 45.3 Å². The van der Waals surface area contributed by atoms with Crippen LogP contribution in [0.3, 0.4) is 0 Å². The number of fused-ring (bicyclic) bond motifs is 1. The van der Waals surface area contributed by atoms with E-state index in [1.165, 1.54) is 13.8 Å². The predicted octanol–water partition coefficient (Wildman–Crippen LogP) is 3.20. The van der Waals surface area contributed by atoms with Gasteiger partial charge in [-0.1, -0.05) is 11.6 Å². The molecule has 3 aromatic rings. The SMILES string of the molecule is Cc1nsc(C)c1S(=O)(=O)NC(=O)c1cn2cc(C(F)(F)F)cc(Cl)c2n1. The summed E-state index contributed by atoms with van der Waals surface area (Å²) in [7, 11) is -4.22. The average molecular weight is 439 g/mol. The monoisotopic (exact) mass is 438 g/mol. The van der Waals surface area contributed by atoms with E-state index in [0.717, 1.165) is 22.1 Å². The maximum atomic E-state index is 12.9. The quantitative estimate of drug-likeness (QED) is 0.677. The van der Waals surface area contributed by atoms with Crippen molar-refractivity contribution in [2.45, 2.75) is 24.9 Å². The molecule has 0 saturated heterocycles. The Bertz CT molecular complexity index is 1150. The molecule has 0 aliphatic heterocycles. The molecule has 1 N–H and O–H groups in total. The van der Waals surface area contributed by atoms with Crippen molar-refractivity contribution >= 4 is 44.7 Å². The van der Waals surface area contributed by atoms with E-state index in [4.69, 9.17) is 11.6 Å². The Balaban J connectivity index is 1.98. The van der Waals surface area contributed by atoms with Crippen LogP contribution in [0.4, 0.5) is 13.2 Å². The molecule has 0 aromatic carbocycles. The zero-order valence-corrected chi connectivity index (χ0v) is 16.0. The second kappa shape index (κ2) is 6.46. The number of hydrogen-bond acceptors (Lipinski definition) is 6. The predicted molar refractivity (Wildman–Crippen MR) is 91.4 cm³/mol. The standard InChI is InChI=1S/C14H10ClF3N4O3S2/c1-6-11(7(2)26-20-6)27(24,25)21-13(23)10-5-22-4-8(14(16,17)18)3-9(15)12(22)19-10/h3-5H,1-2H3,(H,21,23). The van der Waals surface area contributed by atoms with E-state index in [-0.39, 0.29) is 21.3 Å². The van der Waals surface area contributed by atoms with E-state index < -0.39 is 33.4 Å². The highest BCUT2D eigenvalue weighted by atomic mass is 35.5. The minimum absolute atomic E-state index is 0.114. The van der Waals surface area contributed by atoms with Crippen LogP contribution in [0.1, 0.15) is 26.6 Å². The number of halogens is 4. The molecule has 7 nitrogen and oxygen atoms in total. The summed E-state index contributed by atoms with van der Waals surface area (Å²) in [6.45, 7) is 3.01. The van der Waals surface area contributed by atoms with E-state index in [9.17, 15) is 26.4 Å². The van der Waals surface area contributed by atoms with E-state index >= 15 is 0 Å². The van der Waals surface area contributed by atoms with Gasteiger partial charge in [0.2, 0.25) is 0 Å². The highest BCUT2D eigenvalue weighted by Crippen LogP contribution is 2.32. The highest BCUT2D eigenvalue weighted by Gasteiger charge is 2.32. The number of imidazole rings is 1. The van der Waals surface area contributed by atoms with Crippen LogP contribution in [0.5, 0.6) is 0 Å². The Hall–Kier alpha value is -2.18. The van der Waals surface area contributed by atoms with Gasteiger partial charge in [-0.05, 0) is 31.4 Å². The molecule has 0 radical (unpaired) electrons. The Morgan fingerprint density at radius 1 is 1.30 bits per heavy atom. The summed E-state index contributed by atoms with van der Waals surface area (Å²) in [5.74, 6) is -1.10. The summed E-state index contributed by atoms with van der Waals surface area (Å²) in [4.78, 5) is 16.4. The molecule has 0 bridgehead atoms. The van der Waals surface area contributed by atoms with E-state index in [2.05, 4.69) is 9.36 Å². The van der Waals surface area contributed by atoms with Gasteiger partial charge in [-0.2, -0.15) is 17.5 Å². The van der Waals surface area contributed by atoms with Gasteiger partial charge in [-0.15, -0.1) is 0 Å². The molecule has 3 heterocycles. The zero-order valence-electron chi connectivity index (χ0n) is 13.6. The molecule has 13 heteroatoms. The molecular formula is C14H10ClF3N4O3S2. The molecule has 0 fully saturated rings. The van der Waals surface area contributed by atoms with Crippen molar-refractivity contribution in [1.82, 2.24) is 18.5 Å². The number of aromatic nitrogens is 3. The second-order valence-electron chi connectivity index (χ2n) is 5.52. The normalized spacial score (nSPS) is 12.5. The molecule has 0 aliphatic carbocycles. The van der Waals surface area contributed by atoms with E-state index in [1.807, 2.05) is 4.72 Å². The number of sulfonamides is 1. The third kappa shape index (κ3) is 3.64. The minimum atomic E-state index is -4.64. The summed E-state index contributed by atoms with van der Waals surface area (Å²) < 4.78 is 70.1. The first-order chi connectivity index (χ1) is 12.4. The number of pyridine rings is 1. The van der Waals surface area contributed by atoms with Crippen molar-refractivity contribution in [3.8, 4) is 0 Å². The van der Waals surface area contributed by atoms with Gasteiger partial charge in [0.05, 0.1) is 16.3 Å². The highest BCUT2D eigenvalue weighted by molar-refractivity contribution is 7.90. The van der Waals surface area contributed by atoms with E-state index in [1.54, 1.807) is 0 Å². The van der Waals surface area contributed by atoms with Crippen molar-refractivity contribution < 1.29 is 26.4 Å². The van der Waals surface area contributed by atoms with Gasteiger partial charge in [0.15, 0.2) is 5.65 Å². The molecular weight excluding hydrogens is 429 g/mol. The van der Waals surface area contributed by atoms with Crippen LogP contribution in [-0.2, 0) is 16.2 Å². The molecule has 0 unspecified atom stereocenters. The van der Waals surface area contributed by atoms with Crippen LogP contribution in [0.15, 0.2) is 23.4 Å². The average Bonchev–Trinajstić information content (AvgIpc) is 3.10. The van der Waals surface area contributed by atoms with Crippen molar-refractivity contribution in [2.75, 3.05) is 0 Å². The van der Waals surface area contributed by atoms with Crippen molar-refractivity contribution in [3.63, 3.8) is 0 Å². The summed E-state index contributed by atoms with van der Waals surface area (Å²) >= 11 is 6.77. The number of nitrogens with one attached hydrogen (secondary N) is 1. The summed E-state index contributed by atoms with van der Waals surface area (Å²) in [5, 5.41) is -0.333. The van der Waals surface area contributed by atoms with Gasteiger partial charge in [0, 0.05) is 17.3 Å². The number of rotatable bonds is 3. The maximum Gasteiger partial charge on any atom is 0.417 e. The molecule has 0 aliphatic rings. The summed E-state index contributed by atoms with van der Waals surface area (Å²) in [5.41, 5.74) is -1.33. The third-order valence-corrected chi connectivity index (χ3v) is 6.37. The zero-order chi connectivity index (χ0) is 20.1. The Morgan fingerprint density at radius 2 is 1.96 bits per heavy atom. The number of carbonyl (C=O) groups excluding carboxylic acids is 1. The minimum Gasteiger partial charge on any atom is -0.304 e. The lowest BCUT2D eigenvalue weighted by Gasteiger charge is -2.07. The van der Waals surface area contributed by atoms with Crippen LogP contribution in [0.2, 0.25) is 5.02 Å². The maximum absolute atomic E-state index is 12.9. The van der Waals surface area contributed by atoms with Crippen LogP contribution in [0, 0.1) is 13.8 Å². The second-order valence-corrected chi connectivity index (χ2v) is 8.52. The van der Waals surface area contributed by atoms with Crippen LogP contribution >= 0.6 is 23.1 Å². The smallest absolute Gasteiger partial charge is 0.304 e. The number of alkyl halides is 3. The van der Waals surface area contributed by atoms with Crippen molar-refractivity contribution in [1.29, 1.82) is 0 Å². The fraction of sp³-hybridized carbons (Fsp3) is 0.214. The fourth-order valence-corrected chi connectivity index (χ4v) is 5.02. The third-order valence-electron chi connectivity index (χ3n) is 3.53. The first kappa shape index (κ1) is 19.6. The lowest BCUT2D eigenvalue weighted by Crippen LogP contribution is -2.31. The van der Waals surface area contributed by atoms with Gasteiger partial charge in [-0.3, -0.25) is 4.79 Å². The first-order valence-electron chi connectivity index (χ1n) is 7.15. The van der Waals surface area contributed by atoms with Gasteiger partial charge < -0.3 is 4.40 Å². The molecule has 3 aromatic heterocycles. The lowest BCUT2D eigenvalue weighted by atomic mass is 10.3. The van der Waals surface area contributed by atoms with Crippen LogP contribution in [0.25, 0.3) is 5.65 Å². The Labute approximate surface area is 160 Å². The summed E-state index contributed by atoms with van der Waals surface area (Å²) in [6, 6.07) is 0.673. The van der Waals surface area contributed by atoms with Gasteiger partial charge in [0.1, 0.15) is 10.6 Å². The van der Waals surface area contributed by atoms with Crippen LogP contribution < -0.4 is 4.72 Å². The number of hydrogen-bond donors (Lipinski definition) is 1. The van der Waals surface area contributed by atoms with E-state index in [0.29, 0.717) is 17.1 Å². The molecule has 27 heavy (non-hydrogen) atoms. The molecule has 0 atom stereocenters. The molecule has 0 spiro atoms.